The van der Waals surface area contributed by atoms with Crippen LogP contribution in [0.5, 0.6) is 11.5 Å². The Morgan fingerprint density at radius 1 is 1.14 bits per heavy atom. The highest BCUT2D eigenvalue weighted by Crippen LogP contribution is 2.37. The van der Waals surface area contributed by atoms with Crippen LogP contribution in [-0.2, 0) is 24.4 Å². The molecule has 1 atom stereocenters. The predicted octanol–water partition coefficient (Wildman–Crippen LogP) is 6.61. The zero-order valence-electron chi connectivity index (χ0n) is 18.8. The van der Waals surface area contributed by atoms with E-state index in [2.05, 4.69) is 26.2 Å². The molecular weight excluding hydrogens is 555 g/mol. The molecule has 3 N–H and O–H groups in total. The molecule has 6 nitrogen and oxygen atoms in total. The van der Waals surface area contributed by atoms with E-state index in [1.807, 2.05) is 48.7 Å². The van der Waals surface area contributed by atoms with Gasteiger partial charge in [0, 0.05) is 45.7 Å². The molecule has 3 aromatic carbocycles. The number of aliphatic carboxylic acids is 1. The van der Waals surface area contributed by atoms with Crippen LogP contribution in [0.25, 0.3) is 10.9 Å². The number of carbonyl (C=O) groups is 1. The zero-order valence-corrected chi connectivity index (χ0v) is 21.9. The van der Waals surface area contributed by atoms with Gasteiger partial charge in [0.1, 0.15) is 12.6 Å². The van der Waals surface area contributed by atoms with Crippen LogP contribution < -0.4 is 14.8 Å². The van der Waals surface area contributed by atoms with Crippen molar-refractivity contribution in [3.63, 3.8) is 0 Å². The van der Waals surface area contributed by atoms with E-state index < -0.39 is 12.0 Å². The Bertz CT molecular complexity index is 1360. The molecule has 0 amide bonds. The lowest BCUT2D eigenvalue weighted by Gasteiger charge is -2.17. The molecule has 0 fully saturated rings. The Balaban J connectivity index is 1.46. The SMILES string of the molecule is COc1cc(CN[C@H](Cc2c[nH]c3ccccc23)C(=O)O)cc(Br)c1OCc1ccc(Cl)cc1Cl. The number of para-hydroxylation sites is 1. The van der Waals surface area contributed by atoms with Crippen molar-refractivity contribution in [1.82, 2.24) is 10.3 Å². The molecule has 0 spiro atoms. The summed E-state index contributed by atoms with van der Waals surface area (Å²) in [4.78, 5) is 15.1. The second-order valence-electron chi connectivity index (χ2n) is 7.97. The molecule has 0 saturated heterocycles. The van der Waals surface area contributed by atoms with Crippen molar-refractivity contribution in [3.05, 3.63) is 92.0 Å². The van der Waals surface area contributed by atoms with Crippen LogP contribution in [0, 0.1) is 0 Å². The van der Waals surface area contributed by atoms with Crippen LogP contribution in [0.4, 0.5) is 0 Å². The van der Waals surface area contributed by atoms with Gasteiger partial charge in [-0.25, -0.2) is 0 Å². The molecule has 182 valence electrons. The van der Waals surface area contributed by atoms with Gasteiger partial charge in [-0.15, -0.1) is 0 Å². The third-order valence-corrected chi connectivity index (χ3v) is 6.80. The second-order valence-corrected chi connectivity index (χ2v) is 9.67. The van der Waals surface area contributed by atoms with Crippen molar-refractivity contribution in [2.45, 2.75) is 25.6 Å². The van der Waals surface area contributed by atoms with Gasteiger partial charge < -0.3 is 24.9 Å². The van der Waals surface area contributed by atoms with Gasteiger partial charge in [0.25, 0.3) is 0 Å². The van der Waals surface area contributed by atoms with E-state index in [0.29, 0.717) is 39.0 Å². The molecule has 4 rings (SSSR count). The van der Waals surface area contributed by atoms with Crippen LogP contribution >= 0.6 is 39.1 Å². The molecule has 35 heavy (non-hydrogen) atoms. The Hall–Kier alpha value is -2.71. The van der Waals surface area contributed by atoms with Crippen molar-refractivity contribution in [2.24, 2.45) is 0 Å². The van der Waals surface area contributed by atoms with Crippen molar-refractivity contribution in [1.29, 1.82) is 0 Å². The van der Waals surface area contributed by atoms with Crippen LogP contribution in [0.2, 0.25) is 10.0 Å². The van der Waals surface area contributed by atoms with Crippen LogP contribution in [0.1, 0.15) is 16.7 Å². The summed E-state index contributed by atoms with van der Waals surface area (Å²) in [5, 5.41) is 15.0. The van der Waals surface area contributed by atoms with E-state index in [0.717, 1.165) is 27.6 Å². The summed E-state index contributed by atoms with van der Waals surface area (Å²) in [5.74, 6) is 0.127. The molecule has 0 aliphatic carbocycles. The van der Waals surface area contributed by atoms with Crippen molar-refractivity contribution in [3.8, 4) is 11.5 Å². The molecule has 0 aliphatic rings. The molecule has 0 bridgehead atoms. The number of fused-ring (bicyclic) bond motifs is 1. The van der Waals surface area contributed by atoms with Crippen LogP contribution in [0.3, 0.4) is 0 Å². The number of rotatable bonds is 10. The number of H-pyrrole nitrogens is 1. The summed E-state index contributed by atoms with van der Waals surface area (Å²) in [6.45, 7) is 0.561. The summed E-state index contributed by atoms with van der Waals surface area (Å²) < 4.78 is 12.2. The third kappa shape index (κ3) is 6.11. The molecule has 9 heteroatoms. The lowest BCUT2D eigenvalue weighted by atomic mass is 10.0. The number of ether oxygens (including phenoxy) is 2. The Morgan fingerprint density at radius 2 is 1.94 bits per heavy atom. The standard InChI is InChI=1S/C26H23BrCl2N2O4/c1-34-24-9-15(8-20(27)25(24)35-14-16-6-7-18(28)11-21(16)29)12-30-23(26(32)33)10-17-13-31-22-5-3-2-4-19(17)22/h2-9,11,13,23,30-31H,10,12,14H2,1H3,(H,32,33)/t23-/m1/s1. The smallest absolute Gasteiger partial charge is 0.321 e. The number of aromatic amines is 1. The van der Waals surface area contributed by atoms with Gasteiger partial charge in [0.15, 0.2) is 11.5 Å². The zero-order chi connectivity index (χ0) is 24.9. The van der Waals surface area contributed by atoms with Gasteiger partial charge in [-0.3, -0.25) is 4.79 Å². The first-order valence-corrected chi connectivity index (χ1v) is 12.3. The second kappa shape index (κ2) is 11.4. The molecule has 1 heterocycles. The lowest BCUT2D eigenvalue weighted by molar-refractivity contribution is -0.139. The lowest BCUT2D eigenvalue weighted by Crippen LogP contribution is -2.38. The first-order valence-electron chi connectivity index (χ1n) is 10.8. The van der Waals surface area contributed by atoms with Gasteiger partial charge in [-0.05, 0) is 57.4 Å². The van der Waals surface area contributed by atoms with Crippen LogP contribution in [0.15, 0.2) is 65.3 Å². The van der Waals surface area contributed by atoms with Gasteiger partial charge in [-0.2, -0.15) is 0 Å². The number of carboxylic acids is 1. The first-order chi connectivity index (χ1) is 16.9. The minimum absolute atomic E-state index is 0.230. The highest BCUT2D eigenvalue weighted by molar-refractivity contribution is 9.10. The Kier molecular flexibility index (Phi) is 8.23. The molecule has 4 aromatic rings. The molecular formula is C26H23BrCl2N2O4. The third-order valence-electron chi connectivity index (χ3n) is 5.63. The molecule has 1 aromatic heterocycles. The summed E-state index contributed by atoms with van der Waals surface area (Å²) in [6, 6.07) is 16.0. The minimum Gasteiger partial charge on any atom is -0.493 e. The monoisotopic (exact) mass is 576 g/mol. The number of hydrogen-bond acceptors (Lipinski definition) is 4. The summed E-state index contributed by atoms with van der Waals surface area (Å²) in [7, 11) is 1.55. The highest BCUT2D eigenvalue weighted by Gasteiger charge is 2.20. The maximum Gasteiger partial charge on any atom is 0.321 e. The van der Waals surface area contributed by atoms with E-state index in [4.69, 9.17) is 32.7 Å². The number of aromatic nitrogens is 1. The largest absolute Gasteiger partial charge is 0.493 e. The van der Waals surface area contributed by atoms with Crippen molar-refractivity contribution >= 4 is 56.0 Å². The van der Waals surface area contributed by atoms with Gasteiger partial charge in [-0.1, -0.05) is 47.5 Å². The first kappa shape index (κ1) is 25.4. The van der Waals surface area contributed by atoms with Gasteiger partial charge in [0.05, 0.1) is 11.6 Å². The number of carboxylic acid groups (broad SMARTS) is 1. The molecule has 0 aliphatic heterocycles. The number of benzene rings is 3. The Labute approximate surface area is 221 Å². The number of nitrogens with one attached hydrogen (secondary N) is 2. The van der Waals surface area contributed by atoms with Gasteiger partial charge >= 0.3 is 5.97 Å². The summed E-state index contributed by atoms with van der Waals surface area (Å²) >= 11 is 15.8. The summed E-state index contributed by atoms with van der Waals surface area (Å²) in [5.41, 5.74) is 3.56. The van der Waals surface area contributed by atoms with E-state index >= 15 is 0 Å². The molecule has 0 radical (unpaired) electrons. The predicted molar refractivity (Wildman–Crippen MR) is 142 cm³/mol. The fourth-order valence-electron chi connectivity index (χ4n) is 3.81. The highest BCUT2D eigenvalue weighted by atomic mass is 79.9. The minimum atomic E-state index is -0.916. The number of halogens is 3. The fourth-order valence-corrected chi connectivity index (χ4v) is 4.88. The fraction of sp³-hybridized carbons (Fsp3) is 0.192. The quantitative estimate of drug-likeness (QED) is 0.197. The average Bonchev–Trinajstić information content (AvgIpc) is 3.24. The van der Waals surface area contributed by atoms with E-state index in [1.54, 1.807) is 19.2 Å². The normalized spacial score (nSPS) is 12.0. The van der Waals surface area contributed by atoms with Crippen molar-refractivity contribution in [2.75, 3.05) is 7.11 Å². The number of hydrogen-bond donors (Lipinski definition) is 3. The Morgan fingerprint density at radius 3 is 2.69 bits per heavy atom. The van der Waals surface area contributed by atoms with Crippen molar-refractivity contribution < 1.29 is 19.4 Å². The van der Waals surface area contributed by atoms with Crippen LogP contribution in [-0.4, -0.2) is 29.2 Å². The number of methoxy groups -OCH3 is 1. The molecule has 0 saturated carbocycles. The van der Waals surface area contributed by atoms with E-state index in [-0.39, 0.29) is 6.61 Å². The maximum absolute atomic E-state index is 11.9. The molecule has 0 unspecified atom stereocenters. The van der Waals surface area contributed by atoms with Gasteiger partial charge in [0.2, 0.25) is 0 Å². The van der Waals surface area contributed by atoms with E-state index in [1.165, 1.54) is 0 Å². The maximum atomic E-state index is 11.9. The van der Waals surface area contributed by atoms with E-state index in [9.17, 15) is 9.90 Å². The topological polar surface area (TPSA) is 83.6 Å². The summed E-state index contributed by atoms with van der Waals surface area (Å²) in [6.07, 6.45) is 2.21. The average molecular weight is 578 g/mol.